The third-order valence-electron chi connectivity index (χ3n) is 4.16. The van der Waals surface area contributed by atoms with Crippen LogP contribution >= 0.6 is 0 Å². The molecular formula is C16H31NO. The van der Waals surface area contributed by atoms with E-state index in [1.54, 1.807) is 0 Å². The van der Waals surface area contributed by atoms with Crippen molar-refractivity contribution < 1.29 is 4.79 Å². The van der Waals surface area contributed by atoms with E-state index in [2.05, 4.69) is 32.6 Å². The summed E-state index contributed by atoms with van der Waals surface area (Å²) >= 11 is 0. The van der Waals surface area contributed by atoms with Gasteiger partial charge in [0.15, 0.2) is 0 Å². The first kappa shape index (κ1) is 15.7. The molecule has 0 aliphatic heterocycles. The summed E-state index contributed by atoms with van der Waals surface area (Å²) in [7, 11) is 0. The van der Waals surface area contributed by atoms with Crippen LogP contribution in [0, 0.1) is 5.92 Å². The molecule has 0 aromatic heterocycles. The van der Waals surface area contributed by atoms with Crippen LogP contribution in [0.25, 0.3) is 0 Å². The maximum Gasteiger partial charge on any atom is 0.149 e. The van der Waals surface area contributed by atoms with Crippen molar-refractivity contribution in [3.8, 4) is 0 Å². The second kappa shape index (κ2) is 7.93. The molecule has 0 saturated heterocycles. The molecule has 1 atom stereocenters. The van der Waals surface area contributed by atoms with Crippen molar-refractivity contribution in [3.05, 3.63) is 0 Å². The van der Waals surface area contributed by atoms with Crippen LogP contribution in [0.1, 0.15) is 72.6 Å². The van der Waals surface area contributed by atoms with Gasteiger partial charge in [0.05, 0.1) is 6.04 Å². The van der Waals surface area contributed by atoms with Gasteiger partial charge in [-0.05, 0) is 31.6 Å². The molecule has 0 amide bonds. The first-order chi connectivity index (χ1) is 8.60. The third kappa shape index (κ3) is 4.38. The van der Waals surface area contributed by atoms with Gasteiger partial charge in [-0.3, -0.25) is 9.69 Å². The SMILES string of the molecule is CCC(CC)N(CC(C)C)C1CCCCCC1=O. The molecule has 1 aliphatic carbocycles. The second-order valence-electron chi connectivity index (χ2n) is 6.14. The van der Waals surface area contributed by atoms with Gasteiger partial charge in [0.2, 0.25) is 0 Å². The predicted octanol–water partition coefficient (Wildman–Crippen LogP) is 4.03. The summed E-state index contributed by atoms with van der Waals surface area (Å²) < 4.78 is 0. The first-order valence-electron chi connectivity index (χ1n) is 7.88. The Kier molecular flexibility index (Phi) is 6.91. The average Bonchev–Trinajstić information content (AvgIpc) is 2.53. The number of rotatable bonds is 6. The predicted molar refractivity (Wildman–Crippen MR) is 77.8 cm³/mol. The minimum atomic E-state index is 0.208. The van der Waals surface area contributed by atoms with E-state index in [4.69, 9.17) is 0 Å². The third-order valence-corrected chi connectivity index (χ3v) is 4.16. The van der Waals surface area contributed by atoms with Crippen molar-refractivity contribution in [2.24, 2.45) is 5.92 Å². The number of carbonyl (C=O) groups is 1. The zero-order valence-corrected chi connectivity index (χ0v) is 12.7. The highest BCUT2D eigenvalue weighted by atomic mass is 16.1. The van der Waals surface area contributed by atoms with E-state index in [-0.39, 0.29) is 6.04 Å². The maximum atomic E-state index is 12.3. The molecule has 0 spiro atoms. The average molecular weight is 253 g/mol. The van der Waals surface area contributed by atoms with Crippen LogP contribution in [0.2, 0.25) is 0 Å². The van der Waals surface area contributed by atoms with Crippen LogP contribution in [0.3, 0.4) is 0 Å². The van der Waals surface area contributed by atoms with Crippen molar-refractivity contribution in [1.29, 1.82) is 0 Å². The molecule has 0 heterocycles. The molecule has 106 valence electrons. The Morgan fingerprint density at radius 2 is 1.83 bits per heavy atom. The van der Waals surface area contributed by atoms with Crippen molar-refractivity contribution in [2.75, 3.05) is 6.54 Å². The van der Waals surface area contributed by atoms with Gasteiger partial charge in [0.1, 0.15) is 5.78 Å². The monoisotopic (exact) mass is 253 g/mol. The Hall–Kier alpha value is -0.370. The summed E-state index contributed by atoms with van der Waals surface area (Å²) in [6.45, 7) is 10.1. The van der Waals surface area contributed by atoms with Crippen LogP contribution in [0.15, 0.2) is 0 Å². The Labute approximate surface area is 113 Å². The van der Waals surface area contributed by atoms with Crippen molar-refractivity contribution in [1.82, 2.24) is 4.90 Å². The standard InChI is InChI=1S/C16H31NO/c1-5-14(6-2)17(12-13(3)4)15-10-8-7-9-11-16(15)18/h13-15H,5-12H2,1-4H3. The fourth-order valence-electron chi connectivity index (χ4n) is 3.20. The van der Waals surface area contributed by atoms with Gasteiger partial charge in [-0.15, -0.1) is 0 Å². The Balaban J connectivity index is 2.81. The van der Waals surface area contributed by atoms with Crippen molar-refractivity contribution in [2.45, 2.75) is 84.7 Å². The molecule has 0 aromatic rings. The zero-order chi connectivity index (χ0) is 13.5. The fraction of sp³-hybridized carbons (Fsp3) is 0.938. The summed E-state index contributed by atoms with van der Waals surface area (Å²) in [4.78, 5) is 14.9. The number of hydrogen-bond donors (Lipinski definition) is 0. The molecule has 1 rings (SSSR count). The van der Waals surface area contributed by atoms with Crippen LogP contribution in [0.5, 0.6) is 0 Å². The minimum Gasteiger partial charge on any atom is -0.298 e. The van der Waals surface area contributed by atoms with Crippen LogP contribution < -0.4 is 0 Å². The molecule has 1 unspecified atom stereocenters. The van der Waals surface area contributed by atoms with Gasteiger partial charge < -0.3 is 0 Å². The van der Waals surface area contributed by atoms with Gasteiger partial charge in [-0.2, -0.15) is 0 Å². The number of carbonyl (C=O) groups excluding carboxylic acids is 1. The van der Waals surface area contributed by atoms with Gasteiger partial charge in [-0.1, -0.05) is 40.5 Å². The summed E-state index contributed by atoms with van der Waals surface area (Å²) in [6.07, 6.45) is 7.78. The molecular weight excluding hydrogens is 222 g/mol. The number of hydrogen-bond acceptors (Lipinski definition) is 2. The lowest BCUT2D eigenvalue weighted by Crippen LogP contribution is -2.48. The Morgan fingerprint density at radius 1 is 1.17 bits per heavy atom. The number of Topliss-reactive ketones (excluding diaryl/α,β-unsaturated/α-hetero) is 1. The molecule has 18 heavy (non-hydrogen) atoms. The maximum absolute atomic E-state index is 12.3. The molecule has 0 aromatic carbocycles. The molecule has 2 heteroatoms. The van der Waals surface area contributed by atoms with E-state index >= 15 is 0 Å². The normalized spacial score (nSPS) is 21.9. The Morgan fingerprint density at radius 3 is 2.39 bits per heavy atom. The van der Waals surface area contributed by atoms with Gasteiger partial charge in [0, 0.05) is 19.0 Å². The van der Waals surface area contributed by atoms with Gasteiger partial charge >= 0.3 is 0 Å². The molecule has 1 aliphatic rings. The van der Waals surface area contributed by atoms with Gasteiger partial charge in [-0.25, -0.2) is 0 Å². The zero-order valence-electron chi connectivity index (χ0n) is 12.7. The largest absolute Gasteiger partial charge is 0.298 e. The number of ketones is 1. The van der Waals surface area contributed by atoms with Crippen molar-refractivity contribution >= 4 is 5.78 Å². The summed E-state index contributed by atoms with van der Waals surface area (Å²) in [5.41, 5.74) is 0. The first-order valence-corrected chi connectivity index (χ1v) is 7.88. The lowest BCUT2D eigenvalue weighted by atomic mass is 9.99. The van der Waals surface area contributed by atoms with Crippen LogP contribution in [-0.2, 0) is 4.79 Å². The minimum absolute atomic E-state index is 0.208. The molecule has 0 bridgehead atoms. The summed E-state index contributed by atoms with van der Waals surface area (Å²) in [5, 5.41) is 0. The molecule has 1 saturated carbocycles. The summed E-state index contributed by atoms with van der Waals surface area (Å²) in [6, 6.07) is 0.791. The lowest BCUT2D eigenvalue weighted by molar-refractivity contribution is -0.125. The molecule has 0 N–H and O–H groups in total. The summed E-state index contributed by atoms with van der Waals surface area (Å²) in [5.74, 6) is 1.14. The van der Waals surface area contributed by atoms with Gasteiger partial charge in [0.25, 0.3) is 0 Å². The van der Waals surface area contributed by atoms with E-state index in [0.717, 1.165) is 38.6 Å². The smallest absolute Gasteiger partial charge is 0.149 e. The van der Waals surface area contributed by atoms with E-state index in [0.29, 0.717) is 17.7 Å². The highest BCUT2D eigenvalue weighted by molar-refractivity contribution is 5.84. The van der Waals surface area contributed by atoms with E-state index in [9.17, 15) is 4.79 Å². The topological polar surface area (TPSA) is 20.3 Å². The second-order valence-corrected chi connectivity index (χ2v) is 6.14. The molecule has 1 fully saturated rings. The van der Waals surface area contributed by atoms with Crippen molar-refractivity contribution in [3.63, 3.8) is 0 Å². The Bertz CT molecular complexity index is 245. The highest BCUT2D eigenvalue weighted by Crippen LogP contribution is 2.24. The van der Waals surface area contributed by atoms with E-state index < -0.39 is 0 Å². The van der Waals surface area contributed by atoms with Crippen LogP contribution in [0.4, 0.5) is 0 Å². The van der Waals surface area contributed by atoms with E-state index in [1.807, 2.05) is 0 Å². The van der Waals surface area contributed by atoms with E-state index in [1.165, 1.54) is 12.8 Å². The molecule has 2 nitrogen and oxygen atoms in total. The fourth-order valence-corrected chi connectivity index (χ4v) is 3.20. The number of nitrogens with zero attached hydrogens (tertiary/aromatic N) is 1. The molecule has 0 radical (unpaired) electrons. The lowest BCUT2D eigenvalue weighted by Gasteiger charge is -2.37. The van der Waals surface area contributed by atoms with Crippen LogP contribution in [-0.4, -0.2) is 29.3 Å². The quantitative estimate of drug-likeness (QED) is 0.666. The highest BCUT2D eigenvalue weighted by Gasteiger charge is 2.30.